The number of nitrogens with one attached hydrogen (secondary N) is 2. The quantitative estimate of drug-likeness (QED) is 0.560. The molecule has 0 bridgehead atoms. The molecule has 28 heavy (non-hydrogen) atoms. The summed E-state index contributed by atoms with van der Waals surface area (Å²) in [6.07, 6.45) is 1.42. The van der Waals surface area contributed by atoms with Crippen molar-refractivity contribution >= 4 is 27.8 Å². The minimum atomic E-state index is -0.268. The van der Waals surface area contributed by atoms with Gasteiger partial charge in [-0.1, -0.05) is 23.8 Å². The number of aryl methyl sites for hydroxylation is 1. The highest BCUT2D eigenvalue weighted by Gasteiger charge is 2.13. The van der Waals surface area contributed by atoms with Crippen LogP contribution in [0, 0.1) is 6.92 Å². The number of fused-ring (bicyclic) bond motifs is 3. The first-order chi connectivity index (χ1) is 13.5. The van der Waals surface area contributed by atoms with Crippen LogP contribution in [0.25, 0.3) is 21.9 Å². The molecule has 0 aliphatic rings. The summed E-state index contributed by atoms with van der Waals surface area (Å²) in [5.41, 5.74) is 3.62. The molecule has 1 amide bonds. The normalized spacial score (nSPS) is 11.1. The zero-order chi connectivity index (χ0) is 19.7. The number of nitrogens with zero attached hydrogens (tertiary/aromatic N) is 2. The van der Waals surface area contributed by atoms with E-state index in [1.807, 2.05) is 49.4 Å². The minimum Gasteiger partial charge on any atom is -0.497 e. The Morgan fingerprint density at radius 2 is 2.11 bits per heavy atom. The SMILES string of the molecule is COc1cccc(CNC(=O)Cn2cnc3c([nH]c4ccc(C)cc43)c2=O)c1. The lowest BCUT2D eigenvalue weighted by atomic mass is 10.2. The molecule has 0 unspecified atom stereocenters. The molecular formula is C21H20N4O3. The highest BCUT2D eigenvalue weighted by molar-refractivity contribution is 6.04. The Balaban J connectivity index is 1.54. The Kier molecular flexibility index (Phi) is 4.57. The van der Waals surface area contributed by atoms with Crippen LogP contribution in [0.15, 0.2) is 53.6 Å². The van der Waals surface area contributed by atoms with Crippen molar-refractivity contribution < 1.29 is 9.53 Å². The van der Waals surface area contributed by atoms with Crippen LogP contribution in [0.3, 0.4) is 0 Å². The van der Waals surface area contributed by atoms with Crippen molar-refractivity contribution in [2.24, 2.45) is 0 Å². The van der Waals surface area contributed by atoms with Gasteiger partial charge in [0.1, 0.15) is 23.3 Å². The fraction of sp³-hybridized carbons (Fsp3) is 0.190. The van der Waals surface area contributed by atoms with Crippen LogP contribution in [-0.2, 0) is 17.9 Å². The molecule has 7 heteroatoms. The van der Waals surface area contributed by atoms with Crippen molar-refractivity contribution in [2.45, 2.75) is 20.0 Å². The topological polar surface area (TPSA) is 89.0 Å². The van der Waals surface area contributed by atoms with Crippen molar-refractivity contribution in [3.8, 4) is 5.75 Å². The number of amides is 1. The minimum absolute atomic E-state index is 0.0971. The Labute approximate surface area is 161 Å². The van der Waals surface area contributed by atoms with Crippen molar-refractivity contribution in [1.29, 1.82) is 0 Å². The second-order valence-corrected chi connectivity index (χ2v) is 6.70. The van der Waals surface area contributed by atoms with Gasteiger partial charge in [0.2, 0.25) is 5.91 Å². The molecule has 2 N–H and O–H groups in total. The zero-order valence-electron chi connectivity index (χ0n) is 15.7. The molecule has 0 saturated heterocycles. The van der Waals surface area contributed by atoms with Gasteiger partial charge in [0.15, 0.2) is 0 Å². The van der Waals surface area contributed by atoms with E-state index in [1.54, 1.807) is 7.11 Å². The summed E-state index contributed by atoms with van der Waals surface area (Å²) in [6.45, 7) is 2.25. The summed E-state index contributed by atoms with van der Waals surface area (Å²) in [5, 5.41) is 3.72. The summed E-state index contributed by atoms with van der Waals surface area (Å²) in [6, 6.07) is 13.3. The van der Waals surface area contributed by atoms with Crippen LogP contribution < -0.4 is 15.6 Å². The number of aromatic nitrogens is 3. The summed E-state index contributed by atoms with van der Waals surface area (Å²) in [7, 11) is 1.60. The molecular weight excluding hydrogens is 356 g/mol. The van der Waals surface area contributed by atoms with E-state index in [2.05, 4.69) is 15.3 Å². The monoisotopic (exact) mass is 376 g/mol. The first-order valence-electron chi connectivity index (χ1n) is 8.92. The van der Waals surface area contributed by atoms with E-state index in [0.29, 0.717) is 17.6 Å². The molecule has 2 aromatic heterocycles. The Morgan fingerprint density at radius 1 is 1.25 bits per heavy atom. The van der Waals surface area contributed by atoms with Crippen LogP contribution in [0.1, 0.15) is 11.1 Å². The molecule has 0 fully saturated rings. The average Bonchev–Trinajstić information content (AvgIpc) is 3.07. The molecule has 0 aliphatic carbocycles. The van der Waals surface area contributed by atoms with Crippen LogP contribution in [-0.4, -0.2) is 27.6 Å². The number of H-pyrrole nitrogens is 1. The Hall–Kier alpha value is -3.61. The van der Waals surface area contributed by atoms with Crippen molar-refractivity contribution in [2.75, 3.05) is 7.11 Å². The van der Waals surface area contributed by atoms with Gasteiger partial charge in [0.25, 0.3) is 5.56 Å². The van der Waals surface area contributed by atoms with E-state index in [0.717, 1.165) is 27.8 Å². The maximum Gasteiger partial charge on any atom is 0.278 e. The summed E-state index contributed by atoms with van der Waals surface area (Å²) < 4.78 is 6.49. The Morgan fingerprint density at radius 3 is 2.93 bits per heavy atom. The van der Waals surface area contributed by atoms with E-state index < -0.39 is 0 Å². The maximum absolute atomic E-state index is 12.8. The van der Waals surface area contributed by atoms with E-state index in [9.17, 15) is 9.59 Å². The fourth-order valence-corrected chi connectivity index (χ4v) is 3.21. The Bertz CT molecular complexity index is 1240. The number of benzene rings is 2. The number of hydrogen-bond acceptors (Lipinski definition) is 4. The zero-order valence-corrected chi connectivity index (χ0v) is 15.7. The van der Waals surface area contributed by atoms with Gasteiger partial charge in [0, 0.05) is 17.4 Å². The molecule has 0 atom stereocenters. The number of methoxy groups -OCH3 is 1. The third-order valence-electron chi connectivity index (χ3n) is 4.67. The summed E-state index contributed by atoms with van der Waals surface area (Å²) in [5.74, 6) is 0.463. The second kappa shape index (κ2) is 7.19. The number of carbonyl (C=O) groups is 1. The molecule has 2 aromatic carbocycles. The molecule has 0 radical (unpaired) electrons. The first kappa shape index (κ1) is 17.8. The predicted octanol–water partition coefficient (Wildman–Crippen LogP) is 2.51. The molecule has 7 nitrogen and oxygen atoms in total. The van der Waals surface area contributed by atoms with Crippen molar-refractivity contribution in [3.63, 3.8) is 0 Å². The molecule has 142 valence electrons. The van der Waals surface area contributed by atoms with E-state index >= 15 is 0 Å². The lowest BCUT2D eigenvalue weighted by Gasteiger charge is -2.08. The van der Waals surface area contributed by atoms with Crippen molar-refractivity contribution in [3.05, 3.63) is 70.3 Å². The standard InChI is InChI=1S/C21H20N4O3/c1-13-6-7-17-16(8-13)19-20(24-17)21(27)25(12-23-19)11-18(26)22-10-14-4-3-5-15(9-14)28-2/h3-9,12,24H,10-11H2,1-2H3,(H,22,26). The second-order valence-electron chi connectivity index (χ2n) is 6.70. The van der Waals surface area contributed by atoms with Gasteiger partial charge < -0.3 is 15.0 Å². The molecule has 0 saturated carbocycles. The van der Waals surface area contributed by atoms with Gasteiger partial charge in [-0.25, -0.2) is 4.98 Å². The molecule has 0 spiro atoms. The smallest absolute Gasteiger partial charge is 0.278 e. The summed E-state index contributed by atoms with van der Waals surface area (Å²) in [4.78, 5) is 32.6. The molecule has 2 heterocycles. The fourth-order valence-electron chi connectivity index (χ4n) is 3.21. The molecule has 4 aromatic rings. The number of hydrogen-bond donors (Lipinski definition) is 2. The largest absolute Gasteiger partial charge is 0.497 e. The maximum atomic E-state index is 12.8. The lowest BCUT2D eigenvalue weighted by molar-refractivity contribution is -0.121. The lowest BCUT2D eigenvalue weighted by Crippen LogP contribution is -2.32. The third kappa shape index (κ3) is 3.34. The van der Waals surface area contributed by atoms with Gasteiger partial charge in [-0.05, 0) is 36.8 Å². The van der Waals surface area contributed by atoms with Crippen LogP contribution in [0.2, 0.25) is 0 Å². The first-order valence-corrected chi connectivity index (χ1v) is 8.92. The van der Waals surface area contributed by atoms with Gasteiger partial charge in [0.05, 0.1) is 13.4 Å². The number of aromatic amines is 1. The number of carbonyl (C=O) groups excluding carboxylic acids is 1. The van der Waals surface area contributed by atoms with Crippen LogP contribution in [0.4, 0.5) is 0 Å². The average molecular weight is 376 g/mol. The van der Waals surface area contributed by atoms with Gasteiger partial charge in [-0.3, -0.25) is 14.2 Å². The third-order valence-corrected chi connectivity index (χ3v) is 4.67. The van der Waals surface area contributed by atoms with E-state index in [1.165, 1.54) is 10.9 Å². The van der Waals surface area contributed by atoms with E-state index in [-0.39, 0.29) is 18.0 Å². The molecule has 4 rings (SSSR count). The van der Waals surface area contributed by atoms with Gasteiger partial charge in [-0.15, -0.1) is 0 Å². The van der Waals surface area contributed by atoms with Crippen molar-refractivity contribution in [1.82, 2.24) is 19.9 Å². The summed E-state index contributed by atoms with van der Waals surface area (Å²) >= 11 is 0. The van der Waals surface area contributed by atoms with E-state index in [4.69, 9.17) is 4.74 Å². The van der Waals surface area contributed by atoms with Gasteiger partial charge >= 0.3 is 0 Å². The highest BCUT2D eigenvalue weighted by atomic mass is 16.5. The number of ether oxygens (including phenoxy) is 1. The predicted molar refractivity (Wildman–Crippen MR) is 107 cm³/mol. The van der Waals surface area contributed by atoms with Crippen LogP contribution >= 0.6 is 0 Å². The van der Waals surface area contributed by atoms with Crippen LogP contribution in [0.5, 0.6) is 5.75 Å². The molecule has 0 aliphatic heterocycles. The van der Waals surface area contributed by atoms with Gasteiger partial charge in [-0.2, -0.15) is 0 Å². The number of rotatable bonds is 5. The highest BCUT2D eigenvalue weighted by Crippen LogP contribution is 2.22.